The standard InChI is InChI=1S/C14H25N3O2/c1-10-13(14(19-3)17(2)16-10)9-15-8-11-5-4-6-12(18)7-11/h11-12,15,18H,4-9H2,1-3H3. The summed E-state index contributed by atoms with van der Waals surface area (Å²) in [5, 5.41) is 17.5. The smallest absolute Gasteiger partial charge is 0.216 e. The molecule has 5 heteroatoms. The SMILES string of the molecule is COc1c(CNCC2CCCC(O)C2)c(C)nn1C. The Kier molecular flexibility index (Phi) is 4.82. The summed E-state index contributed by atoms with van der Waals surface area (Å²) >= 11 is 0. The number of aliphatic hydroxyl groups is 1. The van der Waals surface area contributed by atoms with Gasteiger partial charge in [-0.05, 0) is 38.6 Å². The molecule has 0 saturated heterocycles. The summed E-state index contributed by atoms with van der Waals surface area (Å²) in [6, 6.07) is 0. The van der Waals surface area contributed by atoms with E-state index in [9.17, 15) is 5.11 Å². The number of nitrogens with zero attached hydrogens (tertiary/aromatic N) is 2. The molecule has 2 N–H and O–H groups in total. The van der Waals surface area contributed by atoms with Crippen LogP contribution in [-0.2, 0) is 13.6 Å². The molecule has 1 aromatic heterocycles. The zero-order valence-electron chi connectivity index (χ0n) is 12.1. The maximum absolute atomic E-state index is 9.66. The van der Waals surface area contributed by atoms with Gasteiger partial charge >= 0.3 is 0 Å². The molecule has 0 spiro atoms. The summed E-state index contributed by atoms with van der Waals surface area (Å²) in [5.41, 5.74) is 2.14. The second-order valence-electron chi connectivity index (χ2n) is 5.51. The van der Waals surface area contributed by atoms with Gasteiger partial charge in [-0.15, -0.1) is 0 Å². The predicted octanol–water partition coefficient (Wildman–Crippen LogP) is 1.38. The van der Waals surface area contributed by atoms with E-state index in [-0.39, 0.29) is 6.10 Å². The minimum absolute atomic E-state index is 0.102. The quantitative estimate of drug-likeness (QED) is 0.846. The average molecular weight is 267 g/mol. The van der Waals surface area contributed by atoms with E-state index in [4.69, 9.17) is 4.74 Å². The third kappa shape index (κ3) is 3.48. The maximum atomic E-state index is 9.66. The number of rotatable bonds is 5. The Morgan fingerprint density at radius 1 is 1.47 bits per heavy atom. The van der Waals surface area contributed by atoms with E-state index >= 15 is 0 Å². The van der Waals surface area contributed by atoms with Crippen molar-refractivity contribution in [3.63, 3.8) is 0 Å². The predicted molar refractivity (Wildman–Crippen MR) is 74.2 cm³/mol. The van der Waals surface area contributed by atoms with Crippen molar-refractivity contribution in [3.8, 4) is 5.88 Å². The van der Waals surface area contributed by atoms with Crippen molar-refractivity contribution in [1.29, 1.82) is 0 Å². The molecular weight excluding hydrogens is 242 g/mol. The van der Waals surface area contributed by atoms with E-state index in [2.05, 4.69) is 10.4 Å². The van der Waals surface area contributed by atoms with Gasteiger partial charge in [-0.3, -0.25) is 0 Å². The molecule has 2 unspecified atom stereocenters. The van der Waals surface area contributed by atoms with E-state index < -0.39 is 0 Å². The Morgan fingerprint density at radius 2 is 2.26 bits per heavy atom. The molecule has 19 heavy (non-hydrogen) atoms. The van der Waals surface area contributed by atoms with Crippen molar-refractivity contribution in [2.45, 2.75) is 45.3 Å². The molecule has 1 fully saturated rings. The van der Waals surface area contributed by atoms with Crippen LogP contribution in [0.5, 0.6) is 5.88 Å². The van der Waals surface area contributed by atoms with Crippen LogP contribution >= 0.6 is 0 Å². The normalized spacial score (nSPS) is 23.6. The van der Waals surface area contributed by atoms with Gasteiger partial charge in [0.2, 0.25) is 5.88 Å². The number of ether oxygens (including phenoxy) is 1. The lowest BCUT2D eigenvalue weighted by Gasteiger charge is -2.26. The Morgan fingerprint density at radius 3 is 2.95 bits per heavy atom. The van der Waals surface area contributed by atoms with Crippen LogP contribution in [0.3, 0.4) is 0 Å². The fraction of sp³-hybridized carbons (Fsp3) is 0.786. The molecule has 0 radical (unpaired) electrons. The van der Waals surface area contributed by atoms with Gasteiger partial charge in [-0.2, -0.15) is 5.10 Å². The van der Waals surface area contributed by atoms with Crippen LogP contribution in [0, 0.1) is 12.8 Å². The molecule has 5 nitrogen and oxygen atoms in total. The number of aryl methyl sites for hydroxylation is 2. The van der Waals surface area contributed by atoms with Gasteiger partial charge < -0.3 is 15.2 Å². The molecule has 1 aliphatic carbocycles. The highest BCUT2D eigenvalue weighted by Gasteiger charge is 2.20. The summed E-state index contributed by atoms with van der Waals surface area (Å²) < 4.78 is 7.15. The van der Waals surface area contributed by atoms with Crippen LogP contribution in [0.4, 0.5) is 0 Å². The topological polar surface area (TPSA) is 59.3 Å². The second kappa shape index (κ2) is 6.39. The van der Waals surface area contributed by atoms with Crippen LogP contribution < -0.4 is 10.1 Å². The largest absolute Gasteiger partial charge is 0.481 e. The second-order valence-corrected chi connectivity index (χ2v) is 5.51. The highest BCUT2D eigenvalue weighted by atomic mass is 16.5. The summed E-state index contributed by atoms with van der Waals surface area (Å²) in [4.78, 5) is 0. The first-order valence-electron chi connectivity index (χ1n) is 7.07. The minimum Gasteiger partial charge on any atom is -0.481 e. The molecule has 2 rings (SSSR count). The van der Waals surface area contributed by atoms with E-state index in [1.165, 1.54) is 6.42 Å². The molecule has 0 aliphatic heterocycles. The van der Waals surface area contributed by atoms with Gasteiger partial charge in [-0.25, -0.2) is 4.68 Å². The molecule has 108 valence electrons. The van der Waals surface area contributed by atoms with E-state index in [0.717, 1.165) is 49.5 Å². The Bertz CT molecular complexity index is 417. The summed E-state index contributed by atoms with van der Waals surface area (Å²) in [6.45, 7) is 3.73. The van der Waals surface area contributed by atoms with Crippen LogP contribution in [0.25, 0.3) is 0 Å². The Labute approximate surface area is 115 Å². The van der Waals surface area contributed by atoms with E-state index in [1.807, 2.05) is 14.0 Å². The van der Waals surface area contributed by atoms with Gasteiger partial charge in [0, 0.05) is 13.6 Å². The Hall–Kier alpha value is -1.07. The zero-order valence-corrected chi connectivity index (χ0v) is 12.1. The third-order valence-electron chi connectivity index (χ3n) is 3.97. The van der Waals surface area contributed by atoms with E-state index in [0.29, 0.717) is 5.92 Å². The number of aromatic nitrogens is 2. The molecule has 0 aromatic carbocycles. The van der Waals surface area contributed by atoms with Crippen molar-refractivity contribution in [2.75, 3.05) is 13.7 Å². The summed E-state index contributed by atoms with van der Waals surface area (Å²) in [5.74, 6) is 1.42. The number of hydrogen-bond acceptors (Lipinski definition) is 4. The minimum atomic E-state index is -0.102. The third-order valence-corrected chi connectivity index (χ3v) is 3.97. The van der Waals surface area contributed by atoms with Crippen molar-refractivity contribution >= 4 is 0 Å². The monoisotopic (exact) mass is 267 g/mol. The first-order valence-corrected chi connectivity index (χ1v) is 7.07. The van der Waals surface area contributed by atoms with Crippen molar-refractivity contribution in [2.24, 2.45) is 13.0 Å². The lowest BCUT2D eigenvalue weighted by atomic mass is 9.87. The summed E-state index contributed by atoms with van der Waals surface area (Å²) in [6.07, 6.45) is 4.15. The number of hydrogen-bond donors (Lipinski definition) is 2. The van der Waals surface area contributed by atoms with Crippen LogP contribution in [0.15, 0.2) is 0 Å². The first-order chi connectivity index (χ1) is 9.11. The molecule has 0 amide bonds. The lowest BCUT2D eigenvalue weighted by molar-refractivity contribution is 0.101. The van der Waals surface area contributed by atoms with E-state index in [1.54, 1.807) is 11.8 Å². The molecule has 0 bridgehead atoms. The first kappa shape index (κ1) is 14.3. The lowest BCUT2D eigenvalue weighted by Crippen LogP contribution is -2.29. The molecule has 1 aromatic rings. The fourth-order valence-electron chi connectivity index (χ4n) is 2.99. The molecule has 1 saturated carbocycles. The van der Waals surface area contributed by atoms with Gasteiger partial charge in [0.25, 0.3) is 0 Å². The van der Waals surface area contributed by atoms with Crippen molar-refractivity contribution in [3.05, 3.63) is 11.3 Å². The Balaban J connectivity index is 1.85. The zero-order chi connectivity index (χ0) is 13.8. The molecule has 1 aliphatic rings. The maximum Gasteiger partial charge on any atom is 0.216 e. The number of nitrogens with one attached hydrogen (secondary N) is 1. The van der Waals surface area contributed by atoms with Crippen LogP contribution in [0.2, 0.25) is 0 Å². The highest BCUT2D eigenvalue weighted by Crippen LogP contribution is 2.24. The van der Waals surface area contributed by atoms with Gasteiger partial charge in [0.05, 0.1) is 24.5 Å². The number of methoxy groups -OCH3 is 1. The van der Waals surface area contributed by atoms with Gasteiger partial charge in [-0.1, -0.05) is 6.42 Å². The summed E-state index contributed by atoms with van der Waals surface area (Å²) in [7, 11) is 3.57. The fourth-order valence-corrected chi connectivity index (χ4v) is 2.99. The van der Waals surface area contributed by atoms with Gasteiger partial charge in [0.1, 0.15) is 0 Å². The highest BCUT2D eigenvalue weighted by molar-refractivity contribution is 5.30. The molecular formula is C14H25N3O2. The van der Waals surface area contributed by atoms with Crippen LogP contribution in [0.1, 0.15) is 36.9 Å². The van der Waals surface area contributed by atoms with Crippen molar-refractivity contribution in [1.82, 2.24) is 15.1 Å². The van der Waals surface area contributed by atoms with Crippen molar-refractivity contribution < 1.29 is 9.84 Å². The van der Waals surface area contributed by atoms with Crippen LogP contribution in [-0.4, -0.2) is 34.6 Å². The molecule has 1 heterocycles. The number of aliphatic hydroxyl groups excluding tert-OH is 1. The average Bonchev–Trinajstić information content (AvgIpc) is 2.64. The molecule has 2 atom stereocenters. The van der Waals surface area contributed by atoms with Gasteiger partial charge in [0.15, 0.2) is 0 Å².